The Morgan fingerprint density at radius 3 is 2.71 bits per heavy atom. The van der Waals surface area contributed by atoms with E-state index in [9.17, 15) is 5.11 Å². The summed E-state index contributed by atoms with van der Waals surface area (Å²) in [6.07, 6.45) is 6.80. The molecule has 2 rings (SSSR count). The summed E-state index contributed by atoms with van der Waals surface area (Å²) in [5.41, 5.74) is 0.915. The standard InChI is InChI=1S/C18H29NO2/c1-3-21-17-6-4-5-16(18(17)20)13-19-12-11-15-9-7-14(2)8-10-15/h4-6,14-15,19-20H,3,7-13H2,1-2H3. The molecule has 118 valence electrons. The highest BCUT2D eigenvalue weighted by Crippen LogP contribution is 2.31. The number of rotatable bonds is 7. The molecule has 3 heteroatoms. The van der Waals surface area contributed by atoms with E-state index < -0.39 is 0 Å². The SMILES string of the molecule is CCOc1cccc(CNCCC2CCC(C)CC2)c1O. The summed E-state index contributed by atoms with van der Waals surface area (Å²) < 4.78 is 5.41. The molecule has 0 aromatic heterocycles. The number of phenols is 1. The number of hydrogen-bond acceptors (Lipinski definition) is 3. The van der Waals surface area contributed by atoms with Gasteiger partial charge in [-0.1, -0.05) is 44.7 Å². The normalized spacial score (nSPS) is 22.2. The van der Waals surface area contributed by atoms with Crippen molar-refractivity contribution in [1.82, 2.24) is 5.32 Å². The summed E-state index contributed by atoms with van der Waals surface area (Å²) in [5, 5.41) is 13.6. The van der Waals surface area contributed by atoms with E-state index in [4.69, 9.17) is 4.74 Å². The van der Waals surface area contributed by atoms with Crippen LogP contribution in [0.4, 0.5) is 0 Å². The molecule has 0 atom stereocenters. The second-order valence-corrected chi connectivity index (χ2v) is 6.29. The molecule has 1 aliphatic rings. The Balaban J connectivity index is 1.72. The van der Waals surface area contributed by atoms with E-state index in [1.54, 1.807) is 0 Å². The summed E-state index contributed by atoms with van der Waals surface area (Å²) in [4.78, 5) is 0. The fourth-order valence-electron chi connectivity index (χ4n) is 3.13. The summed E-state index contributed by atoms with van der Waals surface area (Å²) >= 11 is 0. The zero-order valence-electron chi connectivity index (χ0n) is 13.4. The predicted molar refractivity (Wildman–Crippen MR) is 86.7 cm³/mol. The van der Waals surface area contributed by atoms with Crippen molar-refractivity contribution >= 4 is 0 Å². The average Bonchev–Trinajstić information content (AvgIpc) is 2.49. The molecule has 21 heavy (non-hydrogen) atoms. The summed E-state index contributed by atoms with van der Waals surface area (Å²) in [6, 6.07) is 5.70. The van der Waals surface area contributed by atoms with E-state index >= 15 is 0 Å². The molecule has 1 fully saturated rings. The smallest absolute Gasteiger partial charge is 0.162 e. The molecule has 0 heterocycles. The van der Waals surface area contributed by atoms with Gasteiger partial charge in [-0.25, -0.2) is 0 Å². The van der Waals surface area contributed by atoms with Crippen molar-refractivity contribution < 1.29 is 9.84 Å². The zero-order chi connectivity index (χ0) is 15.1. The van der Waals surface area contributed by atoms with Crippen LogP contribution in [0.2, 0.25) is 0 Å². The maximum atomic E-state index is 10.1. The molecule has 1 saturated carbocycles. The van der Waals surface area contributed by atoms with Crippen molar-refractivity contribution in [2.45, 2.75) is 52.5 Å². The molecule has 3 nitrogen and oxygen atoms in total. The minimum Gasteiger partial charge on any atom is -0.504 e. The van der Waals surface area contributed by atoms with Gasteiger partial charge in [0.2, 0.25) is 0 Å². The molecule has 0 radical (unpaired) electrons. The van der Waals surface area contributed by atoms with Crippen LogP contribution in [-0.4, -0.2) is 18.3 Å². The molecule has 0 aliphatic heterocycles. The van der Waals surface area contributed by atoms with Gasteiger partial charge in [-0.3, -0.25) is 0 Å². The quantitative estimate of drug-likeness (QED) is 0.743. The highest BCUT2D eigenvalue weighted by Gasteiger charge is 2.17. The molecule has 1 aromatic carbocycles. The van der Waals surface area contributed by atoms with Gasteiger partial charge in [0.25, 0.3) is 0 Å². The fourth-order valence-corrected chi connectivity index (χ4v) is 3.13. The van der Waals surface area contributed by atoms with Crippen LogP contribution in [-0.2, 0) is 6.54 Å². The Labute approximate surface area is 128 Å². The number of phenolic OH excluding ortho intramolecular Hbond substituents is 1. The van der Waals surface area contributed by atoms with Crippen LogP contribution in [0, 0.1) is 11.8 Å². The van der Waals surface area contributed by atoms with Crippen molar-refractivity contribution in [2.24, 2.45) is 11.8 Å². The Kier molecular flexibility index (Phi) is 6.37. The van der Waals surface area contributed by atoms with Crippen LogP contribution in [0.5, 0.6) is 11.5 Å². The second-order valence-electron chi connectivity index (χ2n) is 6.29. The second kappa shape index (κ2) is 8.28. The molecule has 0 unspecified atom stereocenters. The first-order valence-electron chi connectivity index (χ1n) is 8.35. The zero-order valence-corrected chi connectivity index (χ0v) is 13.4. The molecule has 2 N–H and O–H groups in total. The fraction of sp³-hybridized carbons (Fsp3) is 0.667. The summed E-state index contributed by atoms with van der Waals surface area (Å²) in [5.74, 6) is 2.67. The lowest BCUT2D eigenvalue weighted by atomic mass is 9.81. The number of ether oxygens (including phenoxy) is 1. The average molecular weight is 291 g/mol. The summed E-state index contributed by atoms with van der Waals surface area (Å²) in [6.45, 7) is 6.59. The first-order valence-corrected chi connectivity index (χ1v) is 8.35. The first-order chi connectivity index (χ1) is 10.2. The predicted octanol–water partition coefficient (Wildman–Crippen LogP) is 4.10. The maximum absolute atomic E-state index is 10.1. The van der Waals surface area contributed by atoms with Gasteiger partial charge in [-0.15, -0.1) is 0 Å². The van der Waals surface area contributed by atoms with E-state index in [0.29, 0.717) is 18.9 Å². The lowest BCUT2D eigenvalue weighted by molar-refractivity contribution is 0.275. The minimum absolute atomic E-state index is 0.276. The maximum Gasteiger partial charge on any atom is 0.162 e. The third kappa shape index (κ3) is 4.92. The molecule has 1 aliphatic carbocycles. The van der Waals surface area contributed by atoms with Crippen LogP contribution in [0.25, 0.3) is 0 Å². The first kappa shape index (κ1) is 16.2. The van der Waals surface area contributed by atoms with Crippen molar-refractivity contribution in [1.29, 1.82) is 0 Å². The van der Waals surface area contributed by atoms with Crippen LogP contribution in [0.15, 0.2) is 18.2 Å². The van der Waals surface area contributed by atoms with Gasteiger partial charge in [-0.05, 0) is 37.8 Å². The van der Waals surface area contributed by atoms with Crippen molar-refractivity contribution in [2.75, 3.05) is 13.2 Å². The monoisotopic (exact) mass is 291 g/mol. The molecular formula is C18H29NO2. The van der Waals surface area contributed by atoms with Crippen LogP contribution < -0.4 is 10.1 Å². The van der Waals surface area contributed by atoms with E-state index in [0.717, 1.165) is 23.9 Å². The van der Waals surface area contributed by atoms with Gasteiger partial charge >= 0.3 is 0 Å². The number of hydrogen-bond donors (Lipinski definition) is 2. The Morgan fingerprint density at radius 2 is 2.00 bits per heavy atom. The van der Waals surface area contributed by atoms with Crippen LogP contribution in [0.3, 0.4) is 0 Å². The van der Waals surface area contributed by atoms with E-state index in [1.165, 1.54) is 32.1 Å². The van der Waals surface area contributed by atoms with Gasteiger partial charge in [-0.2, -0.15) is 0 Å². The number of aromatic hydroxyl groups is 1. The Hall–Kier alpha value is -1.22. The van der Waals surface area contributed by atoms with Crippen molar-refractivity contribution in [3.63, 3.8) is 0 Å². The Morgan fingerprint density at radius 1 is 1.24 bits per heavy atom. The lowest BCUT2D eigenvalue weighted by Crippen LogP contribution is -2.20. The third-order valence-corrected chi connectivity index (χ3v) is 4.56. The number of nitrogens with one attached hydrogen (secondary N) is 1. The topological polar surface area (TPSA) is 41.5 Å². The van der Waals surface area contributed by atoms with E-state index in [-0.39, 0.29) is 5.75 Å². The largest absolute Gasteiger partial charge is 0.504 e. The van der Waals surface area contributed by atoms with Crippen molar-refractivity contribution in [3.8, 4) is 11.5 Å². The van der Waals surface area contributed by atoms with Gasteiger partial charge < -0.3 is 15.2 Å². The molecule has 0 saturated heterocycles. The molecule has 0 amide bonds. The number of para-hydroxylation sites is 1. The molecule has 1 aromatic rings. The minimum atomic E-state index is 0.276. The van der Waals surface area contributed by atoms with Gasteiger partial charge in [0, 0.05) is 12.1 Å². The molecule has 0 bridgehead atoms. The van der Waals surface area contributed by atoms with E-state index in [1.807, 2.05) is 25.1 Å². The lowest BCUT2D eigenvalue weighted by Gasteiger charge is -2.26. The van der Waals surface area contributed by atoms with Crippen molar-refractivity contribution in [3.05, 3.63) is 23.8 Å². The van der Waals surface area contributed by atoms with Crippen LogP contribution >= 0.6 is 0 Å². The van der Waals surface area contributed by atoms with Gasteiger partial charge in [0.1, 0.15) is 0 Å². The molecule has 0 spiro atoms. The number of benzene rings is 1. The third-order valence-electron chi connectivity index (χ3n) is 4.56. The molecular weight excluding hydrogens is 262 g/mol. The summed E-state index contributed by atoms with van der Waals surface area (Å²) in [7, 11) is 0. The van der Waals surface area contributed by atoms with Gasteiger partial charge in [0.15, 0.2) is 11.5 Å². The van der Waals surface area contributed by atoms with Gasteiger partial charge in [0.05, 0.1) is 6.61 Å². The highest BCUT2D eigenvalue weighted by atomic mass is 16.5. The van der Waals surface area contributed by atoms with E-state index in [2.05, 4.69) is 12.2 Å². The highest BCUT2D eigenvalue weighted by molar-refractivity contribution is 5.45. The Bertz CT molecular complexity index is 425. The van der Waals surface area contributed by atoms with Crippen LogP contribution in [0.1, 0.15) is 51.5 Å².